The van der Waals surface area contributed by atoms with E-state index in [2.05, 4.69) is 36.9 Å². The molecule has 0 saturated carbocycles. The Bertz CT molecular complexity index is 1480. The normalized spacial score (nSPS) is 15.7. The minimum absolute atomic E-state index is 0.188. The molecular formula is C23H20Br2N2O6S. The van der Waals surface area contributed by atoms with E-state index in [1.54, 1.807) is 44.2 Å². The molecule has 0 amide bonds. The lowest BCUT2D eigenvalue weighted by Crippen LogP contribution is -2.40. The molecule has 1 aliphatic rings. The average molecular weight is 612 g/mol. The first-order valence-corrected chi connectivity index (χ1v) is 12.6. The summed E-state index contributed by atoms with van der Waals surface area (Å²) in [5.74, 6) is 0.940. The van der Waals surface area contributed by atoms with Crippen molar-refractivity contribution in [1.82, 2.24) is 4.57 Å². The molecule has 4 rings (SSSR count). The van der Waals surface area contributed by atoms with E-state index in [-0.39, 0.29) is 17.7 Å². The van der Waals surface area contributed by atoms with Crippen molar-refractivity contribution in [3.8, 4) is 11.5 Å². The highest BCUT2D eigenvalue weighted by molar-refractivity contribution is 9.10. The van der Waals surface area contributed by atoms with Crippen LogP contribution in [-0.2, 0) is 9.53 Å². The minimum Gasteiger partial charge on any atom is -0.493 e. The Morgan fingerprint density at radius 1 is 1.24 bits per heavy atom. The van der Waals surface area contributed by atoms with Crippen molar-refractivity contribution in [2.24, 2.45) is 4.99 Å². The molecule has 2 aromatic heterocycles. The number of hydrogen-bond acceptors (Lipinski definition) is 8. The second-order valence-electron chi connectivity index (χ2n) is 7.17. The fourth-order valence-corrected chi connectivity index (χ4v) is 5.59. The second kappa shape index (κ2) is 9.93. The summed E-state index contributed by atoms with van der Waals surface area (Å²) in [6, 6.07) is 6.18. The maximum atomic E-state index is 13.6. The summed E-state index contributed by atoms with van der Waals surface area (Å²) in [5, 5.41) is 0. The quantitative estimate of drug-likeness (QED) is 0.392. The van der Waals surface area contributed by atoms with Crippen LogP contribution in [0.1, 0.15) is 31.2 Å². The minimum atomic E-state index is -0.796. The summed E-state index contributed by atoms with van der Waals surface area (Å²) in [6.45, 7) is 3.65. The molecular weight excluding hydrogens is 592 g/mol. The monoisotopic (exact) mass is 610 g/mol. The highest BCUT2D eigenvalue weighted by Crippen LogP contribution is 2.40. The van der Waals surface area contributed by atoms with Gasteiger partial charge in [0.05, 0.1) is 42.7 Å². The molecule has 0 N–H and O–H groups in total. The number of carbonyl (C=O) groups is 1. The van der Waals surface area contributed by atoms with E-state index in [1.807, 2.05) is 0 Å². The van der Waals surface area contributed by atoms with E-state index in [4.69, 9.17) is 18.6 Å². The molecule has 0 bridgehead atoms. The van der Waals surface area contributed by atoms with Gasteiger partial charge in [0.1, 0.15) is 5.76 Å². The van der Waals surface area contributed by atoms with Gasteiger partial charge in [-0.2, -0.15) is 0 Å². The maximum absolute atomic E-state index is 13.6. The van der Waals surface area contributed by atoms with Crippen LogP contribution in [0.15, 0.2) is 58.9 Å². The molecule has 1 aliphatic heterocycles. The molecule has 11 heteroatoms. The molecule has 1 aromatic carbocycles. The third-order valence-electron chi connectivity index (χ3n) is 5.18. The van der Waals surface area contributed by atoms with Crippen molar-refractivity contribution in [2.45, 2.75) is 19.9 Å². The van der Waals surface area contributed by atoms with Gasteiger partial charge in [0, 0.05) is 10.5 Å². The Morgan fingerprint density at radius 2 is 1.94 bits per heavy atom. The number of allylic oxidation sites excluding steroid dienone is 1. The largest absolute Gasteiger partial charge is 0.493 e. The SMILES string of the molecule is CCOC(=O)C1=C(C)N=c2s/c(=C\c3ccc(Br)o3)c(=O)n2[C@H]1c1cc(OC)c(OC)cc1Br. The van der Waals surface area contributed by atoms with Crippen molar-refractivity contribution in [1.29, 1.82) is 0 Å². The average Bonchev–Trinajstić information content (AvgIpc) is 3.35. The van der Waals surface area contributed by atoms with E-state index in [0.29, 0.717) is 47.0 Å². The molecule has 0 saturated heterocycles. The number of ether oxygens (including phenoxy) is 3. The van der Waals surface area contributed by atoms with Gasteiger partial charge in [-0.25, -0.2) is 9.79 Å². The lowest BCUT2D eigenvalue weighted by atomic mass is 9.95. The number of carbonyl (C=O) groups excluding carboxylic acids is 1. The van der Waals surface area contributed by atoms with Gasteiger partial charge in [-0.1, -0.05) is 27.3 Å². The Labute approximate surface area is 215 Å². The van der Waals surface area contributed by atoms with Crippen LogP contribution in [0.2, 0.25) is 0 Å². The van der Waals surface area contributed by atoms with Crippen molar-refractivity contribution < 1.29 is 23.4 Å². The number of furan rings is 1. The first-order valence-electron chi connectivity index (χ1n) is 10.2. The molecule has 3 aromatic rings. The van der Waals surface area contributed by atoms with E-state index in [0.717, 1.165) is 0 Å². The van der Waals surface area contributed by atoms with Crippen LogP contribution in [0.25, 0.3) is 6.08 Å². The standard InChI is InChI=1S/C23H20Br2N2O6S/c1-5-32-22(29)19-11(2)26-23-27(21(28)17(34-23)8-12-6-7-18(25)33-12)20(19)13-9-15(30-3)16(31-4)10-14(13)24/h6-10,20H,5H2,1-4H3/b17-8-/t20-/m0/s1. The predicted molar refractivity (Wildman–Crippen MR) is 134 cm³/mol. The lowest BCUT2D eigenvalue weighted by molar-refractivity contribution is -0.139. The van der Waals surface area contributed by atoms with Crippen molar-refractivity contribution in [3.05, 3.63) is 75.7 Å². The highest BCUT2D eigenvalue weighted by Gasteiger charge is 2.35. The lowest BCUT2D eigenvalue weighted by Gasteiger charge is -2.26. The summed E-state index contributed by atoms with van der Waals surface area (Å²) in [5.41, 5.74) is 1.06. The fourth-order valence-electron chi connectivity index (χ4n) is 3.70. The van der Waals surface area contributed by atoms with Crippen molar-refractivity contribution in [3.63, 3.8) is 0 Å². The maximum Gasteiger partial charge on any atom is 0.338 e. The predicted octanol–water partition coefficient (Wildman–Crippen LogP) is 3.93. The number of hydrogen-bond donors (Lipinski definition) is 0. The molecule has 1 atom stereocenters. The smallest absolute Gasteiger partial charge is 0.338 e. The van der Waals surface area contributed by atoms with E-state index in [1.165, 1.54) is 30.1 Å². The van der Waals surface area contributed by atoms with Crippen LogP contribution in [0.4, 0.5) is 0 Å². The Kier molecular flexibility index (Phi) is 7.15. The van der Waals surface area contributed by atoms with E-state index < -0.39 is 12.0 Å². The number of benzene rings is 1. The first kappa shape index (κ1) is 24.5. The fraction of sp³-hybridized carbons (Fsp3) is 0.261. The van der Waals surface area contributed by atoms with Crippen molar-refractivity contribution >= 4 is 55.2 Å². The van der Waals surface area contributed by atoms with Crippen LogP contribution < -0.4 is 24.4 Å². The van der Waals surface area contributed by atoms with Gasteiger partial charge in [-0.3, -0.25) is 9.36 Å². The zero-order valence-corrected chi connectivity index (χ0v) is 22.7. The van der Waals surface area contributed by atoms with Gasteiger partial charge in [0.2, 0.25) is 0 Å². The molecule has 0 spiro atoms. The number of nitrogens with zero attached hydrogens (tertiary/aromatic N) is 2. The van der Waals surface area contributed by atoms with Gasteiger partial charge in [-0.05, 0) is 59.6 Å². The molecule has 0 radical (unpaired) electrons. The van der Waals surface area contributed by atoms with Crippen LogP contribution in [0.3, 0.4) is 0 Å². The molecule has 34 heavy (non-hydrogen) atoms. The van der Waals surface area contributed by atoms with Gasteiger partial charge in [0.25, 0.3) is 5.56 Å². The Morgan fingerprint density at radius 3 is 2.56 bits per heavy atom. The van der Waals surface area contributed by atoms with E-state index >= 15 is 0 Å². The molecule has 0 aliphatic carbocycles. The van der Waals surface area contributed by atoms with Crippen molar-refractivity contribution in [2.75, 3.05) is 20.8 Å². The van der Waals surface area contributed by atoms with Crippen LogP contribution >= 0.6 is 43.2 Å². The van der Waals surface area contributed by atoms with Crippen LogP contribution in [0, 0.1) is 0 Å². The Balaban J connectivity index is 2.02. The zero-order valence-electron chi connectivity index (χ0n) is 18.7. The van der Waals surface area contributed by atoms with Gasteiger partial charge >= 0.3 is 5.97 Å². The number of thiazole rings is 1. The second-order valence-corrected chi connectivity index (χ2v) is 9.82. The highest BCUT2D eigenvalue weighted by atomic mass is 79.9. The van der Waals surface area contributed by atoms with Crippen LogP contribution in [-0.4, -0.2) is 31.4 Å². The summed E-state index contributed by atoms with van der Waals surface area (Å²) in [7, 11) is 3.06. The summed E-state index contributed by atoms with van der Waals surface area (Å²) >= 11 is 8.07. The molecule has 0 unspecified atom stereocenters. The van der Waals surface area contributed by atoms with Gasteiger partial charge in [0.15, 0.2) is 21.0 Å². The molecule has 178 valence electrons. The number of fused-ring (bicyclic) bond motifs is 1. The summed E-state index contributed by atoms with van der Waals surface area (Å²) < 4.78 is 24.9. The third-order valence-corrected chi connectivity index (χ3v) is 7.28. The number of halogens is 2. The summed E-state index contributed by atoms with van der Waals surface area (Å²) in [4.78, 5) is 31.7. The molecule has 3 heterocycles. The first-order chi connectivity index (χ1) is 16.3. The number of methoxy groups -OCH3 is 2. The van der Waals surface area contributed by atoms with Crippen LogP contribution in [0.5, 0.6) is 11.5 Å². The topological polar surface area (TPSA) is 92.3 Å². The van der Waals surface area contributed by atoms with E-state index in [9.17, 15) is 9.59 Å². The number of esters is 1. The molecule has 8 nitrogen and oxygen atoms in total. The molecule has 0 fully saturated rings. The zero-order chi connectivity index (χ0) is 24.6. The van der Waals surface area contributed by atoms with Gasteiger partial charge < -0.3 is 18.6 Å². The summed E-state index contributed by atoms with van der Waals surface area (Å²) in [6.07, 6.45) is 1.65. The van der Waals surface area contributed by atoms with Gasteiger partial charge in [-0.15, -0.1) is 0 Å². The number of aromatic nitrogens is 1. The third kappa shape index (κ3) is 4.39. The number of rotatable bonds is 6. The Hall–Kier alpha value is -2.63.